The van der Waals surface area contributed by atoms with E-state index < -0.39 is 0 Å². The predicted octanol–water partition coefficient (Wildman–Crippen LogP) is 1.27. The first-order valence-electron chi connectivity index (χ1n) is 8.65. The first-order valence-corrected chi connectivity index (χ1v) is 8.65. The molecule has 0 bridgehead atoms. The van der Waals surface area contributed by atoms with E-state index >= 15 is 0 Å². The molecule has 0 aromatic carbocycles. The van der Waals surface area contributed by atoms with Crippen molar-refractivity contribution in [2.45, 2.75) is 44.7 Å². The van der Waals surface area contributed by atoms with E-state index in [9.17, 15) is 0 Å². The molecule has 3 aliphatic heterocycles. The van der Waals surface area contributed by atoms with Gasteiger partial charge < -0.3 is 4.74 Å². The van der Waals surface area contributed by atoms with Crippen LogP contribution in [-0.4, -0.2) is 85.8 Å². The maximum Gasteiger partial charge on any atom is 0.0594 e. The molecular formula is C16H31N3O. The van der Waals surface area contributed by atoms with Gasteiger partial charge in [0.05, 0.1) is 13.2 Å². The standard InChI is InChI=1S/C16H31N3O/c1-2-15-13-19-7-3-5-16(19)14-18(15)8-4-6-17-9-11-20-12-10-17/h15-16H,2-14H2,1H3/t15-,16+/m0/s1. The Kier molecular flexibility index (Phi) is 5.32. The van der Waals surface area contributed by atoms with Gasteiger partial charge in [-0.15, -0.1) is 0 Å². The van der Waals surface area contributed by atoms with Gasteiger partial charge in [-0.05, 0) is 45.3 Å². The second-order valence-electron chi connectivity index (χ2n) is 6.66. The Bertz CT molecular complexity index is 293. The number of rotatable bonds is 5. The van der Waals surface area contributed by atoms with E-state index in [1.807, 2.05) is 0 Å². The maximum atomic E-state index is 5.42. The van der Waals surface area contributed by atoms with E-state index in [0.717, 1.165) is 38.4 Å². The summed E-state index contributed by atoms with van der Waals surface area (Å²) in [6, 6.07) is 1.66. The average Bonchev–Trinajstić information content (AvgIpc) is 2.94. The van der Waals surface area contributed by atoms with Gasteiger partial charge in [0.1, 0.15) is 0 Å². The molecule has 0 aliphatic carbocycles. The summed E-state index contributed by atoms with van der Waals surface area (Å²) < 4.78 is 5.42. The predicted molar refractivity (Wildman–Crippen MR) is 82.1 cm³/mol. The Morgan fingerprint density at radius 1 is 1.05 bits per heavy atom. The molecule has 0 amide bonds. The Morgan fingerprint density at radius 2 is 1.90 bits per heavy atom. The third-order valence-corrected chi connectivity index (χ3v) is 5.40. The topological polar surface area (TPSA) is 19.0 Å². The Labute approximate surface area is 124 Å². The van der Waals surface area contributed by atoms with Crippen LogP contribution in [0.5, 0.6) is 0 Å². The largest absolute Gasteiger partial charge is 0.379 e. The van der Waals surface area contributed by atoms with E-state index in [1.165, 1.54) is 58.4 Å². The van der Waals surface area contributed by atoms with Gasteiger partial charge >= 0.3 is 0 Å². The van der Waals surface area contributed by atoms with Gasteiger partial charge in [-0.1, -0.05) is 6.92 Å². The van der Waals surface area contributed by atoms with Gasteiger partial charge in [-0.25, -0.2) is 0 Å². The molecule has 3 heterocycles. The lowest BCUT2D eigenvalue weighted by Crippen LogP contribution is -2.56. The minimum absolute atomic E-state index is 0.800. The van der Waals surface area contributed by atoms with Crippen LogP contribution in [0.4, 0.5) is 0 Å². The molecule has 3 rings (SSSR count). The van der Waals surface area contributed by atoms with Crippen molar-refractivity contribution in [3.05, 3.63) is 0 Å². The number of fused-ring (bicyclic) bond motifs is 1. The molecule has 0 spiro atoms. The molecule has 4 heteroatoms. The first kappa shape index (κ1) is 14.8. The quantitative estimate of drug-likeness (QED) is 0.755. The van der Waals surface area contributed by atoms with Gasteiger partial charge in [0.25, 0.3) is 0 Å². The molecule has 0 aromatic rings. The highest BCUT2D eigenvalue weighted by Gasteiger charge is 2.35. The number of nitrogens with zero attached hydrogens (tertiary/aromatic N) is 3. The van der Waals surface area contributed by atoms with Crippen LogP contribution in [0.3, 0.4) is 0 Å². The number of ether oxygens (including phenoxy) is 1. The lowest BCUT2D eigenvalue weighted by atomic mass is 10.0. The van der Waals surface area contributed by atoms with Crippen molar-refractivity contribution in [2.75, 3.05) is 59.0 Å². The van der Waals surface area contributed by atoms with Crippen molar-refractivity contribution in [3.8, 4) is 0 Å². The fourth-order valence-electron chi connectivity index (χ4n) is 4.13. The lowest BCUT2D eigenvalue weighted by Gasteiger charge is -2.43. The second kappa shape index (κ2) is 7.21. The summed E-state index contributed by atoms with van der Waals surface area (Å²) in [5.74, 6) is 0. The molecular weight excluding hydrogens is 250 g/mol. The van der Waals surface area contributed by atoms with E-state index in [-0.39, 0.29) is 0 Å². The molecule has 0 radical (unpaired) electrons. The number of hydrogen-bond donors (Lipinski definition) is 0. The van der Waals surface area contributed by atoms with Crippen LogP contribution in [0.25, 0.3) is 0 Å². The van der Waals surface area contributed by atoms with E-state index in [4.69, 9.17) is 4.74 Å². The minimum atomic E-state index is 0.800. The van der Waals surface area contributed by atoms with E-state index in [2.05, 4.69) is 21.6 Å². The summed E-state index contributed by atoms with van der Waals surface area (Å²) in [7, 11) is 0. The summed E-state index contributed by atoms with van der Waals surface area (Å²) >= 11 is 0. The summed E-state index contributed by atoms with van der Waals surface area (Å²) in [4.78, 5) is 8.09. The van der Waals surface area contributed by atoms with Crippen molar-refractivity contribution in [1.29, 1.82) is 0 Å². The first-order chi connectivity index (χ1) is 9.86. The van der Waals surface area contributed by atoms with Gasteiger partial charge in [0.2, 0.25) is 0 Å². The molecule has 3 aliphatic rings. The van der Waals surface area contributed by atoms with Gasteiger partial charge in [0, 0.05) is 38.3 Å². The highest BCUT2D eigenvalue weighted by Crippen LogP contribution is 2.25. The second-order valence-corrected chi connectivity index (χ2v) is 6.66. The Balaban J connectivity index is 1.43. The lowest BCUT2D eigenvalue weighted by molar-refractivity contribution is 0.0268. The van der Waals surface area contributed by atoms with Crippen LogP contribution in [0, 0.1) is 0 Å². The van der Waals surface area contributed by atoms with Crippen LogP contribution < -0.4 is 0 Å². The van der Waals surface area contributed by atoms with Crippen molar-refractivity contribution < 1.29 is 4.74 Å². The van der Waals surface area contributed by atoms with Crippen molar-refractivity contribution in [3.63, 3.8) is 0 Å². The minimum Gasteiger partial charge on any atom is -0.379 e. The highest BCUT2D eigenvalue weighted by atomic mass is 16.5. The van der Waals surface area contributed by atoms with Crippen LogP contribution in [0.1, 0.15) is 32.6 Å². The number of hydrogen-bond acceptors (Lipinski definition) is 4. The van der Waals surface area contributed by atoms with Crippen molar-refractivity contribution >= 4 is 0 Å². The molecule has 0 saturated carbocycles. The molecule has 3 saturated heterocycles. The molecule has 2 atom stereocenters. The summed E-state index contributed by atoms with van der Waals surface area (Å²) in [5, 5.41) is 0. The van der Waals surface area contributed by atoms with Crippen LogP contribution in [-0.2, 0) is 4.74 Å². The Hall–Kier alpha value is -0.160. The van der Waals surface area contributed by atoms with Crippen LogP contribution in [0.15, 0.2) is 0 Å². The molecule has 0 N–H and O–H groups in total. The molecule has 4 nitrogen and oxygen atoms in total. The van der Waals surface area contributed by atoms with E-state index in [1.54, 1.807) is 0 Å². The molecule has 0 unspecified atom stereocenters. The zero-order valence-corrected chi connectivity index (χ0v) is 13.1. The smallest absolute Gasteiger partial charge is 0.0594 e. The Morgan fingerprint density at radius 3 is 2.70 bits per heavy atom. The van der Waals surface area contributed by atoms with Gasteiger partial charge in [-0.3, -0.25) is 14.7 Å². The van der Waals surface area contributed by atoms with Gasteiger partial charge in [0.15, 0.2) is 0 Å². The molecule has 116 valence electrons. The summed E-state index contributed by atoms with van der Waals surface area (Å²) in [5.41, 5.74) is 0. The molecule has 0 aromatic heterocycles. The van der Waals surface area contributed by atoms with Crippen molar-refractivity contribution in [1.82, 2.24) is 14.7 Å². The van der Waals surface area contributed by atoms with E-state index in [0.29, 0.717) is 0 Å². The molecule has 3 fully saturated rings. The van der Waals surface area contributed by atoms with Crippen LogP contribution >= 0.6 is 0 Å². The zero-order valence-electron chi connectivity index (χ0n) is 13.1. The summed E-state index contributed by atoms with van der Waals surface area (Å²) in [6.45, 7) is 13.0. The fourth-order valence-corrected chi connectivity index (χ4v) is 4.13. The third-order valence-electron chi connectivity index (χ3n) is 5.40. The average molecular weight is 281 g/mol. The highest BCUT2D eigenvalue weighted by molar-refractivity contribution is 4.91. The summed E-state index contributed by atoms with van der Waals surface area (Å²) in [6.07, 6.45) is 5.48. The van der Waals surface area contributed by atoms with Gasteiger partial charge in [-0.2, -0.15) is 0 Å². The third kappa shape index (κ3) is 3.53. The van der Waals surface area contributed by atoms with Crippen LogP contribution in [0.2, 0.25) is 0 Å². The number of piperazine rings is 1. The normalized spacial score (nSPS) is 33.5. The monoisotopic (exact) mass is 281 g/mol. The number of morpholine rings is 1. The van der Waals surface area contributed by atoms with Crippen molar-refractivity contribution in [2.24, 2.45) is 0 Å². The zero-order chi connectivity index (χ0) is 13.8. The molecule has 20 heavy (non-hydrogen) atoms. The fraction of sp³-hybridized carbons (Fsp3) is 1.00. The SMILES string of the molecule is CC[C@H]1CN2CCC[C@@H]2CN1CCCN1CCOCC1. The maximum absolute atomic E-state index is 5.42.